The van der Waals surface area contributed by atoms with E-state index in [1.54, 1.807) is 29.2 Å². The molecule has 3 amide bonds. The fourth-order valence-electron chi connectivity index (χ4n) is 4.44. The van der Waals surface area contributed by atoms with Crippen molar-refractivity contribution in [2.45, 2.75) is 37.8 Å². The van der Waals surface area contributed by atoms with Gasteiger partial charge in [-0.1, -0.05) is 36.4 Å². The van der Waals surface area contributed by atoms with Crippen LogP contribution in [-0.4, -0.2) is 58.4 Å². The summed E-state index contributed by atoms with van der Waals surface area (Å²) in [6.07, 6.45) is 0.444. The van der Waals surface area contributed by atoms with Gasteiger partial charge in [0, 0.05) is 32.6 Å². The van der Waals surface area contributed by atoms with Gasteiger partial charge in [-0.25, -0.2) is 0 Å². The minimum absolute atomic E-state index is 0.0155. The van der Waals surface area contributed by atoms with E-state index in [1.807, 2.05) is 12.1 Å². The first-order valence-electron chi connectivity index (χ1n) is 10.7. The number of imide groups is 1. The molecule has 31 heavy (non-hydrogen) atoms. The van der Waals surface area contributed by atoms with E-state index in [9.17, 15) is 19.5 Å². The second kappa shape index (κ2) is 8.99. The average Bonchev–Trinajstić information content (AvgIpc) is 3.07. The van der Waals surface area contributed by atoms with Crippen molar-refractivity contribution in [2.24, 2.45) is 5.73 Å². The summed E-state index contributed by atoms with van der Waals surface area (Å²) in [6, 6.07) is 14.9. The van der Waals surface area contributed by atoms with Crippen molar-refractivity contribution in [1.82, 2.24) is 9.80 Å². The number of aliphatic hydroxyl groups is 1. The summed E-state index contributed by atoms with van der Waals surface area (Å²) >= 11 is 0. The Bertz CT molecular complexity index is 963. The normalized spacial score (nSPS) is 17.7. The molecule has 2 aliphatic heterocycles. The Morgan fingerprint density at radius 3 is 2.29 bits per heavy atom. The first kappa shape index (κ1) is 21.2. The fraction of sp³-hybridized carbons (Fsp3) is 0.375. The average molecular weight is 421 g/mol. The number of carbonyl (C=O) groups is 3. The first-order valence-corrected chi connectivity index (χ1v) is 10.7. The Labute approximate surface area is 181 Å². The number of aliphatic hydroxyl groups excluding tert-OH is 1. The molecular formula is C24H27N3O4. The quantitative estimate of drug-likeness (QED) is 0.694. The van der Waals surface area contributed by atoms with Crippen LogP contribution < -0.4 is 5.73 Å². The zero-order chi connectivity index (χ0) is 22.0. The molecule has 0 spiro atoms. The molecule has 0 saturated carbocycles. The fourth-order valence-corrected chi connectivity index (χ4v) is 4.44. The van der Waals surface area contributed by atoms with Crippen LogP contribution in [0.15, 0.2) is 48.5 Å². The van der Waals surface area contributed by atoms with E-state index in [0.29, 0.717) is 36.7 Å². The molecule has 0 bridgehead atoms. The molecule has 1 unspecified atom stereocenters. The van der Waals surface area contributed by atoms with Gasteiger partial charge in [0.15, 0.2) is 0 Å². The Kier molecular flexibility index (Phi) is 6.15. The largest absolute Gasteiger partial charge is 0.383 e. The van der Waals surface area contributed by atoms with Crippen LogP contribution in [0.3, 0.4) is 0 Å². The molecule has 2 heterocycles. The van der Waals surface area contributed by atoms with E-state index in [0.717, 1.165) is 23.3 Å². The standard InChI is InChI=1S/C24H27N3O4/c25-15-16-4-3-5-18(14-16)17-8-11-26(12-9-17)24(31)21(28)10-13-27-22(29)19-6-1-2-7-20(19)23(27)30/h1-7,14,17,21,28H,8-13,15,25H2. The molecule has 0 radical (unpaired) electrons. The molecule has 2 aromatic rings. The van der Waals surface area contributed by atoms with Gasteiger partial charge in [-0.15, -0.1) is 0 Å². The Morgan fingerprint density at radius 2 is 1.68 bits per heavy atom. The smallest absolute Gasteiger partial charge is 0.261 e. The molecule has 2 aliphatic rings. The summed E-state index contributed by atoms with van der Waals surface area (Å²) in [5, 5.41) is 10.4. The maximum absolute atomic E-state index is 12.7. The van der Waals surface area contributed by atoms with Crippen LogP contribution >= 0.6 is 0 Å². The van der Waals surface area contributed by atoms with E-state index in [2.05, 4.69) is 12.1 Å². The van der Waals surface area contributed by atoms with Gasteiger partial charge in [0.05, 0.1) is 11.1 Å². The number of carbonyl (C=O) groups excluding carboxylic acids is 3. The third kappa shape index (κ3) is 4.24. The van der Waals surface area contributed by atoms with Crippen LogP contribution in [0, 0.1) is 0 Å². The SMILES string of the molecule is NCc1cccc(C2CCN(C(=O)C(O)CCN3C(=O)c4ccccc4C3=O)CC2)c1. The van der Waals surface area contributed by atoms with Gasteiger partial charge >= 0.3 is 0 Å². The molecule has 0 aromatic heterocycles. The predicted octanol–water partition coefficient (Wildman–Crippen LogP) is 1.90. The number of fused-ring (bicyclic) bond motifs is 1. The number of nitrogens with two attached hydrogens (primary N) is 1. The van der Waals surface area contributed by atoms with Crippen molar-refractivity contribution in [3.63, 3.8) is 0 Å². The van der Waals surface area contributed by atoms with Crippen LogP contribution in [-0.2, 0) is 11.3 Å². The highest BCUT2D eigenvalue weighted by Gasteiger charge is 2.36. The first-order chi connectivity index (χ1) is 15.0. The second-order valence-corrected chi connectivity index (χ2v) is 8.16. The molecule has 3 N–H and O–H groups in total. The molecule has 162 valence electrons. The molecule has 0 aliphatic carbocycles. The number of rotatable bonds is 6. The van der Waals surface area contributed by atoms with Crippen molar-refractivity contribution in [3.8, 4) is 0 Å². The topological polar surface area (TPSA) is 104 Å². The monoisotopic (exact) mass is 421 g/mol. The van der Waals surface area contributed by atoms with Crippen molar-refractivity contribution in [3.05, 3.63) is 70.8 Å². The molecule has 2 aromatic carbocycles. The van der Waals surface area contributed by atoms with Gasteiger partial charge in [-0.2, -0.15) is 0 Å². The van der Waals surface area contributed by atoms with Crippen molar-refractivity contribution < 1.29 is 19.5 Å². The Morgan fingerprint density at radius 1 is 1.03 bits per heavy atom. The molecule has 4 rings (SSSR count). The highest BCUT2D eigenvalue weighted by molar-refractivity contribution is 6.21. The highest BCUT2D eigenvalue weighted by atomic mass is 16.3. The van der Waals surface area contributed by atoms with Gasteiger partial charge < -0.3 is 15.7 Å². The maximum atomic E-state index is 12.7. The van der Waals surface area contributed by atoms with E-state index < -0.39 is 6.10 Å². The van der Waals surface area contributed by atoms with Crippen LogP contribution in [0.4, 0.5) is 0 Å². The summed E-state index contributed by atoms with van der Waals surface area (Å²) in [5.74, 6) is -0.724. The lowest BCUT2D eigenvalue weighted by Gasteiger charge is -2.33. The van der Waals surface area contributed by atoms with Gasteiger partial charge in [-0.05, 0) is 42.0 Å². The highest BCUT2D eigenvalue weighted by Crippen LogP contribution is 2.29. The zero-order valence-corrected chi connectivity index (χ0v) is 17.4. The lowest BCUT2D eigenvalue weighted by Crippen LogP contribution is -2.44. The number of hydrogen-bond donors (Lipinski definition) is 2. The van der Waals surface area contributed by atoms with Crippen LogP contribution in [0.1, 0.15) is 57.0 Å². The Balaban J connectivity index is 1.29. The lowest BCUT2D eigenvalue weighted by atomic mass is 9.88. The van der Waals surface area contributed by atoms with Crippen molar-refractivity contribution in [2.75, 3.05) is 19.6 Å². The van der Waals surface area contributed by atoms with Gasteiger partial charge in [0.25, 0.3) is 17.7 Å². The van der Waals surface area contributed by atoms with E-state index in [1.165, 1.54) is 5.56 Å². The van der Waals surface area contributed by atoms with Gasteiger partial charge in [0.2, 0.25) is 0 Å². The van der Waals surface area contributed by atoms with Crippen molar-refractivity contribution in [1.29, 1.82) is 0 Å². The molecule has 1 fully saturated rings. The van der Waals surface area contributed by atoms with Gasteiger partial charge in [-0.3, -0.25) is 19.3 Å². The number of piperidine rings is 1. The molecule has 1 atom stereocenters. The molecule has 1 saturated heterocycles. The summed E-state index contributed by atoms with van der Waals surface area (Å²) in [5.41, 5.74) is 8.81. The summed E-state index contributed by atoms with van der Waals surface area (Å²) in [6.45, 7) is 1.66. The van der Waals surface area contributed by atoms with Crippen LogP contribution in [0.2, 0.25) is 0 Å². The molecular weight excluding hydrogens is 394 g/mol. The Hall–Kier alpha value is -3.03. The summed E-state index contributed by atoms with van der Waals surface area (Å²) in [7, 11) is 0. The van der Waals surface area contributed by atoms with E-state index >= 15 is 0 Å². The number of benzene rings is 2. The second-order valence-electron chi connectivity index (χ2n) is 8.16. The maximum Gasteiger partial charge on any atom is 0.261 e. The predicted molar refractivity (Wildman–Crippen MR) is 115 cm³/mol. The zero-order valence-electron chi connectivity index (χ0n) is 17.4. The third-order valence-corrected chi connectivity index (χ3v) is 6.25. The van der Waals surface area contributed by atoms with Crippen LogP contribution in [0.5, 0.6) is 0 Å². The van der Waals surface area contributed by atoms with Crippen molar-refractivity contribution >= 4 is 17.7 Å². The minimum atomic E-state index is -1.23. The number of likely N-dealkylation sites (tertiary alicyclic amines) is 1. The lowest BCUT2D eigenvalue weighted by molar-refractivity contribution is -0.141. The third-order valence-electron chi connectivity index (χ3n) is 6.25. The number of hydrogen-bond acceptors (Lipinski definition) is 5. The summed E-state index contributed by atoms with van der Waals surface area (Å²) < 4.78 is 0. The minimum Gasteiger partial charge on any atom is -0.383 e. The van der Waals surface area contributed by atoms with E-state index in [-0.39, 0.29) is 30.7 Å². The molecule has 7 nitrogen and oxygen atoms in total. The number of amides is 3. The summed E-state index contributed by atoms with van der Waals surface area (Å²) in [4.78, 5) is 40.3. The molecule has 7 heteroatoms. The van der Waals surface area contributed by atoms with E-state index in [4.69, 9.17) is 5.73 Å². The van der Waals surface area contributed by atoms with Crippen LogP contribution in [0.25, 0.3) is 0 Å². The van der Waals surface area contributed by atoms with Gasteiger partial charge in [0.1, 0.15) is 6.10 Å². The number of nitrogens with zero attached hydrogens (tertiary/aromatic N) is 2.